The highest BCUT2D eigenvalue weighted by molar-refractivity contribution is 7.99. The Morgan fingerprint density at radius 1 is 1.42 bits per heavy atom. The molecule has 1 saturated heterocycles. The third-order valence-corrected chi connectivity index (χ3v) is 5.39. The maximum Gasteiger partial charge on any atom is 0.123 e. The number of hydrogen-bond donors (Lipinski definition) is 1. The van der Waals surface area contributed by atoms with Crippen LogP contribution in [-0.2, 0) is 6.42 Å². The quantitative estimate of drug-likeness (QED) is 0.900. The summed E-state index contributed by atoms with van der Waals surface area (Å²) in [6.07, 6.45) is 2.10. The fourth-order valence-electron chi connectivity index (χ4n) is 2.65. The van der Waals surface area contributed by atoms with E-state index in [-0.39, 0.29) is 11.4 Å². The van der Waals surface area contributed by atoms with Gasteiger partial charge in [-0.1, -0.05) is 12.1 Å². The smallest absolute Gasteiger partial charge is 0.123 e. The Labute approximate surface area is 119 Å². The lowest BCUT2D eigenvalue weighted by atomic mass is 9.90. The molecule has 1 aliphatic heterocycles. The molecule has 0 amide bonds. The van der Waals surface area contributed by atoms with Crippen LogP contribution in [0.4, 0.5) is 4.39 Å². The lowest BCUT2D eigenvalue weighted by molar-refractivity contribution is 0.103. The molecule has 1 aromatic carbocycles. The van der Waals surface area contributed by atoms with E-state index in [4.69, 9.17) is 5.73 Å². The zero-order valence-corrected chi connectivity index (χ0v) is 12.5. The molecule has 1 heterocycles. The van der Waals surface area contributed by atoms with Gasteiger partial charge in [-0.15, -0.1) is 0 Å². The largest absolute Gasteiger partial charge is 0.329 e. The second-order valence-corrected chi connectivity index (χ2v) is 6.78. The van der Waals surface area contributed by atoms with Crippen molar-refractivity contribution in [3.63, 3.8) is 0 Å². The molecule has 1 aromatic rings. The summed E-state index contributed by atoms with van der Waals surface area (Å²) >= 11 is 2.01. The number of nitrogens with zero attached hydrogens (tertiary/aromatic N) is 1. The van der Waals surface area contributed by atoms with Crippen molar-refractivity contribution in [3.05, 3.63) is 35.6 Å². The molecule has 106 valence electrons. The molecule has 4 heteroatoms. The first kappa shape index (κ1) is 14.8. The van der Waals surface area contributed by atoms with Crippen molar-refractivity contribution in [1.82, 2.24) is 4.90 Å². The Kier molecular flexibility index (Phi) is 4.87. The van der Waals surface area contributed by atoms with E-state index in [0.29, 0.717) is 12.6 Å². The topological polar surface area (TPSA) is 29.3 Å². The Morgan fingerprint density at radius 3 is 2.63 bits per heavy atom. The highest BCUT2D eigenvalue weighted by Gasteiger charge is 2.34. The van der Waals surface area contributed by atoms with E-state index in [1.807, 2.05) is 23.9 Å². The van der Waals surface area contributed by atoms with Gasteiger partial charge in [0.2, 0.25) is 0 Å². The van der Waals surface area contributed by atoms with Gasteiger partial charge in [-0.25, -0.2) is 4.39 Å². The third-order valence-electron chi connectivity index (χ3n) is 4.24. The first-order valence-corrected chi connectivity index (χ1v) is 7.96. The van der Waals surface area contributed by atoms with Gasteiger partial charge >= 0.3 is 0 Å². The molecule has 2 nitrogen and oxygen atoms in total. The summed E-state index contributed by atoms with van der Waals surface area (Å²) in [7, 11) is 2.17. The van der Waals surface area contributed by atoms with Crippen molar-refractivity contribution in [2.24, 2.45) is 5.73 Å². The normalized spacial score (nSPS) is 22.7. The highest BCUT2D eigenvalue weighted by atomic mass is 32.2. The van der Waals surface area contributed by atoms with Crippen LogP contribution in [0.3, 0.4) is 0 Å². The molecule has 0 bridgehead atoms. The maximum absolute atomic E-state index is 13.0. The Bertz CT molecular complexity index is 403. The van der Waals surface area contributed by atoms with Crippen LogP contribution in [0, 0.1) is 5.82 Å². The van der Waals surface area contributed by atoms with Gasteiger partial charge < -0.3 is 5.73 Å². The van der Waals surface area contributed by atoms with E-state index in [2.05, 4.69) is 18.9 Å². The molecule has 0 aliphatic carbocycles. The van der Waals surface area contributed by atoms with Crippen LogP contribution in [0.5, 0.6) is 0 Å². The van der Waals surface area contributed by atoms with Crippen LogP contribution in [0.1, 0.15) is 18.9 Å². The Balaban J connectivity index is 2.10. The standard InChI is InChI=1S/C15H23FN2S/c1-15(11-17,18(2)14-7-8-19-10-14)9-12-3-5-13(16)6-4-12/h3-6,14H,7-11,17H2,1-2H3. The van der Waals surface area contributed by atoms with Crippen LogP contribution >= 0.6 is 11.8 Å². The Hall–Kier alpha value is -0.580. The van der Waals surface area contributed by atoms with Crippen molar-refractivity contribution in [2.75, 3.05) is 25.1 Å². The molecule has 2 rings (SSSR count). The second kappa shape index (κ2) is 6.25. The van der Waals surface area contributed by atoms with Crippen LogP contribution in [0.2, 0.25) is 0 Å². The van der Waals surface area contributed by atoms with Crippen LogP contribution in [0.25, 0.3) is 0 Å². The molecule has 0 saturated carbocycles. The average molecular weight is 282 g/mol. The number of likely N-dealkylation sites (N-methyl/N-ethyl adjacent to an activating group) is 1. The summed E-state index contributed by atoms with van der Waals surface area (Å²) in [6.45, 7) is 2.82. The minimum absolute atomic E-state index is 0.0621. The summed E-state index contributed by atoms with van der Waals surface area (Å²) in [6, 6.07) is 7.38. The van der Waals surface area contributed by atoms with E-state index in [1.165, 1.54) is 30.1 Å². The predicted molar refractivity (Wildman–Crippen MR) is 81.1 cm³/mol. The fraction of sp³-hybridized carbons (Fsp3) is 0.600. The van der Waals surface area contributed by atoms with Crippen LogP contribution in [0.15, 0.2) is 24.3 Å². The molecule has 1 fully saturated rings. The molecular weight excluding hydrogens is 259 g/mol. The fourth-order valence-corrected chi connectivity index (χ4v) is 3.92. The van der Waals surface area contributed by atoms with E-state index >= 15 is 0 Å². The molecule has 1 aliphatic rings. The number of hydrogen-bond acceptors (Lipinski definition) is 3. The monoisotopic (exact) mass is 282 g/mol. The summed E-state index contributed by atoms with van der Waals surface area (Å²) in [5, 5.41) is 0. The average Bonchev–Trinajstić information content (AvgIpc) is 2.94. The number of nitrogens with two attached hydrogens (primary N) is 1. The van der Waals surface area contributed by atoms with Gasteiger partial charge in [0.15, 0.2) is 0 Å². The van der Waals surface area contributed by atoms with Gasteiger partial charge in [0, 0.05) is 23.9 Å². The molecule has 2 unspecified atom stereocenters. The van der Waals surface area contributed by atoms with Crippen molar-refractivity contribution in [2.45, 2.75) is 31.3 Å². The summed E-state index contributed by atoms with van der Waals surface area (Å²) in [5.41, 5.74) is 7.11. The molecule has 0 radical (unpaired) electrons. The lowest BCUT2D eigenvalue weighted by Crippen LogP contribution is -2.55. The molecule has 19 heavy (non-hydrogen) atoms. The summed E-state index contributed by atoms with van der Waals surface area (Å²) in [5.74, 6) is 2.25. The molecular formula is C15H23FN2S. The first-order chi connectivity index (χ1) is 9.05. The van der Waals surface area contributed by atoms with E-state index in [1.54, 1.807) is 0 Å². The molecule has 2 N–H and O–H groups in total. The SMILES string of the molecule is CN(C1CCSC1)C(C)(CN)Cc1ccc(F)cc1. The van der Waals surface area contributed by atoms with Gasteiger partial charge in [0.1, 0.15) is 5.82 Å². The number of thioether (sulfide) groups is 1. The summed E-state index contributed by atoms with van der Waals surface area (Å²) < 4.78 is 13.0. The van der Waals surface area contributed by atoms with E-state index in [0.717, 1.165) is 12.0 Å². The minimum Gasteiger partial charge on any atom is -0.329 e. The molecule has 0 spiro atoms. The van der Waals surface area contributed by atoms with Crippen molar-refractivity contribution in [1.29, 1.82) is 0 Å². The lowest BCUT2D eigenvalue weighted by Gasteiger charge is -2.42. The number of benzene rings is 1. The first-order valence-electron chi connectivity index (χ1n) is 6.80. The zero-order valence-electron chi connectivity index (χ0n) is 11.7. The van der Waals surface area contributed by atoms with Crippen LogP contribution < -0.4 is 5.73 Å². The Morgan fingerprint density at radius 2 is 2.11 bits per heavy atom. The van der Waals surface area contributed by atoms with Crippen molar-refractivity contribution < 1.29 is 4.39 Å². The predicted octanol–water partition coefficient (Wildman–Crippen LogP) is 2.52. The van der Waals surface area contributed by atoms with Crippen molar-refractivity contribution in [3.8, 4) is 0 Å². The van der Waals surface area contributed by atoms with Gasteiger partial charge in [-0.3, -0.25) is 4.90 Å². The van der Waals surface area contributed by atoms with Gasteiger partial charge in [0.05, 0.1) is 0 Å². The molecule has 2 atom stereocenters. The van der Waals surface area contributed by atoms with Gasteiger partial charge in [-0.05, 0) is 50.3 Å². The maximum atomic E-state index is 13.0. The van der Waals surface area contributed by atoms with Gasteiger partial charge in [0.25, 0.3) is 0 Å². The number of rotatable bonds is 5. The zero-order chi connectivity index (χ0) is 13.9. The number of halogens is 1. The minimum atomic E-state index is -0.182. The van der Waals surface area contributed by atoms with Gasteiger partial charge in [-0.2, -0.15) is 11.8 Å². The second-order valence-electron chi connectivity index (χ2n) is 5.63. The van der Waals surface area contributed by atoms with E-state index in [9.17, 15) is 4.39 Å². The summed E-state index contributed by atoms with van der Waals surface area (Å²) in [4.78, 5) is 2.43. The van der Waals surface area contributed by atoms with Crippen molar-refractivity contribution >= 4 is 11.8 Å². The highest BCUT2D eigenvalue weighted by Crippen LogP contribution is 2.28. The third kappa shape index (κ3) is 3.50. The van der Waals surface area contributed by atoms with E-state index < -0.39 is 0 Å². The molecule has 0 aromatic heterocycles. The van der Waals surface area contributed by atoms with Crippen LogP contribution in [-0.4, -0.2) is 41.6 Å².